The molecule has 13 heteroatoms. The number of carboxylic acid groups (broad SMARTS) is 1. The molecule has 12 nitrogen and oxygen atoms in total. The molecule has 3 aromatic rings. The number of carbonyl (C=O) groups excluding carboxylic acids is 1. The molecule has 4 rings (SSSR count). The van der Waals surface area contributed by atoms with Gasteiger partial charge in [0.25, 0.3) is 15.9 Å². The van der Waals surface area contributed by atoms with Crippen molar-refractivity contribution >= 4 is 27.6 Å². The molecule has 1 aliphatic heterocycles. The van der Waals surface area contributed by atoms with E-state index in [9.17, 15) is 23.1 Å². The molecule has 0 saturated carbocycles. The van der Waals surface area contributed by atoms with Gasteiger partial charge in [0.05, 0.1) is 23.8 Å². The molecule has 226 valence electrons. The van der Waals surface area contributed by atoms with Crippen molar-refractivity contribution in [1.29, 1.82) is 0 Å². The normalized spacial score (nSPS) is 18.2. The maximum absolute atomic E-state index is 13.7. The van der Waals surface area contributed by atoms with E-state index in [1.165, 1.54) is 26.0 Å². The Hall–Kier alpha value is -3.94. The number of carbonyl (C=O) groups is 2. The standard InChI is InChI=1S/C29H36N4O8S/c1-17-13-33(18(2)16-34)28(35)24-12-23(31-42(38,39)27-19(3)30-41-20(27)4)10-11-25(24)40-26(17)15-32(5)14-21-6-8-22(9-7-21)29(36)37/h6-12,17-18,26,31,34H,13-16H2,1-5H3,(H,36,37)/t17-,18+,26+/m0/s1. The van der Waals surface area contributed by atoms with Crippen LogP contribution in [0.5, 0.6) is 5.75 Å². The summed E-state index contributed by atoms with van der Waals surface area (Å²) >= 11 is 0. The Kier molecular flexibility index (Phi) is 9.24. The Morgan fingerprint density at radius 2 is 1.90 bits per heavy atom. The number of benzene rings is 2. The fourth-order valence-corrected chi connectivity index (χ4v) is 6.39. The number of ether oxygens (including phenoxy) is 1. The predicted octanol–water partition coefficient (Wildman–Crippen LogP) is 3.14. The summed E-state index contributed by atoms with van der Waals surface area (Å²) in [6.07, 6.45) is -0.363. The lowest BCUT2D eigenvalue weighted by molar-refractivity contribution is 0.0341. The number of likely N-dealkylation sites (N-methyl/N-ethyl adjacent to an activating group) is 1. The van der Waals surface area contributed by atoms with Crippen LogP contribution in [0.2, 0.25) is 0 Å². The first-order valence-electron chi connectivity index (χ1n) is 13.5. The Labute approximate surface area is 244 Å². The molecule has 0 unspecified atom stereocenters. The number of carboxylic acids is 1. The smallest absolute Gasteiger partial charge is 0.335 e. The van der Waals surface area contributed by atoms with Crippen LogP contribution in [-0.4, -0.2) is 84.4 Å². The Morgan fingerprint density at radius 3 is 2.50 bits per heavy atom. The quantitative estimate of drug-likeness (QED) is 0.315. The number of aromatic nitrogens is 1. The maximum atomic E-state index is 13.7. The van der Waals surface area contributed by atoms with E-state index in [0.717, 1.165) is 5.56 Å². The number of sulfonamides is 1. The number of anilines is 1. The first kappa shape index (κ1) is 31.0. The third-order valence-electron chi connectivity index (χ3n) is 7.30. The van der Waals surface area contributed by atoms with Crippen LogP contribution in [0.1, 0.15) is 51.6 Å². The molecule has 2 aromatic carbocycles. The molecule has 0 spiro atoms. The fourth-order valence-electron chi connectivity index (χ4n) is 5.00. The number of aryl methyl sites for hydroxylation is 2. The zero-order chi connectivity index (χ0) is 30.8. The highest BCUT2D eigenvalue weighted by Gasteiger charge is 2.34. The molecule has 3 N–H and O–H groups in total. The second kappa shape index (κ2) is 12.5. The fraction of sp³-hybridized carbons (Fsp3) is 0.414. The molecule has 1 amide bonds. The first-order valence-corrected chi connectivity index (χ1v) is 15.0. The lowest BCUT2D eigenvalue weighted by atomic mass is 9.99. The van der Waals surface area contributed by atoms with Crippen molar-refractivity contribution in [3.05, 3.63) is 70.6 Å². The van der Waals surface area contributed by atoms with E-state index in [4.69, 9.17) is 14.4 Å². The number of nitrogens with zero attached hydrogens (tertiary/aromatic N) is 3. The molecule has 0 radical (unpaired) electrons. The second-order valence-corrected chi connectivity index (χ2v) is 12.4. The number of rotatable bonds is 10. The van der Waals surface area contributed by atoms with Crippen LogP contribution < -0.4 is 9.46 Å². The van der Waals surface area contributed by atoms with E-state index >= 15 is 0 Å². The average molecular weight is 601 g/mol. The van der Waals surface area contributed by atoms with Crippen LogP contribution in [0.25, 0.3) is 0 Å². The van der Waals surface area contributed by atoms with Gasteiger partial charge in [0.2, 0.25) is 0 Å². The monoisotopic (exact) mass is 600 g/mol. The molecule has 42 heavy (non-hydrogen) atoms. The van der Waals surface area contributed by atoms with Crippen LogP contribution in [0.4, 0.5) is 5.69 Å². The van der Waals surface area contributed by atoms with E-state index in [1.807, 2.05) is 18.9 Å². The number of nitrogens with one attached hydrogen (secondary N) is 1. The zero-order valence-corrected chi connectivity index (χ0v) is 25.0. The van der Waals surface area contributed by atoms with Crippen LogP contribution in [0.3, 0.4) is 0 Å². The van der Waals surface area contributed by atoms with Gasteiger partial charge in [-0.3, -0.25) is 14.4 Å². The minimum Gasteiger partial charge on any atom is -0.488 e. The molecule has 0 fully saturated rings. The number of aliphatic hydroxyl groups is 1. The average Bonchev–Trinajstić information content (AvgIpc) is 3.29. The zero-order valence-electron chi connectivity index (χ0n) is 24.2. The summed E-state index contributed by atoms with van der Waals surface area (Å²) in [6, 6.07) is 10.7. The highest BCUT2D eigenvalue weighted by atomic mass is 32.2. The first-order chi connectivity index (χ1) is 19.8. The van der Waals surface area contributed by atoms with Gasteiger partial charge in [-0.2, -0.15) is 0 Å². The lowest BCUT2D eigenvalue weighted by Crippen LogP contribution is -2.49. The van der Waals surface area contributed by atoms with E-state index < -0.39 is 22.0 Å². The largest absolute Gasteiger partial charge is 0.488 e. The van der Waals surface area contributed by atoms with Crippen LogP contribution in [0.15, 0.2) is 51.9 Å². The molecule has 0 bridgehead atoms. The molecule has 0 aliphatic carbocycles. The van der Waals surface area contributed by atoms with Crippen LogP contribution in [0, 0.1) is 19.8 Å². The van der Waals surface area contributed by atoms with Crippen molar-refractivity contribution in [3.8, 4) is 5.75 Å². The molecule has 0 saturated heterocycles. The molecular weight excluding hydrogens is 564 g/mol. The van der Waals surface area contributed by atoms with Gasteiger partial charge in [0, 0.05) is 31.2 Å². The van der Waals surface area contributed by atoms with Gasteiger partial charge in [-0.05, 0) is 63.7 Å². The van der Waals surface area contributed by atoms with Gasteiger partial charge < -0.3 is 24.4 Å². The van der Waals surface area contributed by atoms with Gasteiger partial charge in [-0.1, -0.05) is 24.2 Å². The molecule has 2 heterocycles. The molecular formula is C29H36N4O8S. The highest BCUT2D eigenvalue weighted by molar-refractivity contribution is 7.92. The Balaban J connectivity index is 1.62. The van der Waals surface area contributed by atoms with E-state index in [0.29, 0.717) is 25.4 Å². The molecule has 1 aromatic heterocycles. The van der Waals surface area contributed by atoms with Gasteiger partial charge in [-0.15, -0.1) is 0 Å². The topological polar surface area (TPSA) is 163 Å². The molecule has 1 aliphatic rings. The van der Waals surface area contributed by atoms with Gasteiger partial charge >= 0.3 is 5.97 Å². The van der Waals surface area contributed by atoms with Crippen molar-refractivity contribution in [1.82, 2.24) is 15.0 Å². The number of amides is 1. The number of aromatic carboxylic acids is 1. The minimum atomic E-state index is -4.05. The maximum Gasteiger partial charge on any atom is 0.335 e. The van der Waals surface area contributed by atoms with E-state index in [1.54, 1.807) is 42.2 Å². The lowest BCUT2D eigenvalue weighted by Gasteiger charge is -2.38. The third-order valence-corrected chi connectivity index (χ3v) is 8.92. The van der Waals surface area contributed by atoms with Gasteiger partial charge in [-0.25, -0.2) is 13.2 Å². The summed E-state index contributed by atoms with van der Waals surface area (Å²) < 4.78 is 40.1. The number of aliphatic hydroxyl groups excluding tert-OH is 1. The SMILES string of the molecule is Cc1noc(C)c1S(=O)(=O)Nc1ccc2c(c1)C(=O)N([C@H](C)CO)C[C@H](C)[C@@H](CN(C)Cc1ccc(C(=O)O)cc1)O2. The summed E-state index contributed by atoms with van der Waals surface area (Å²) in [5, 5.41) is 22.8. The summed E-state index contributed by atoms with van der Waals surface area (Å²) in [7, 11) is -2.13. The summed E-state index contributed by atoms with van der Waals surface area (Å²) in [4.78, 5) is 28.4. The number of fused-ring (bicyclic) bond motifs is 1. The van der Waals surface area contributed by atoms with Crippen molar-refractivity contribution < 1.29 is 37.5 Å². The second-order valence-electron chi connectivity index (χ2n) is 10.8. The Bertz CT molecular complexity index is 1530. The Morgan fingerprint density at radius 1 is 1.21 bits per heavy atom. The third kappa shape index (κ3) is 6.75. The summed E-state index contributed by atoms with van der Waals surface area (Å²) in [5.74, 6) is -1.05. The van der Waals surface area contributed by atoms with Gasteiger partial charge in [0.1, 0.15) is 17.5 Å². The molecule has 3 atom stereocenters. The van der Waals surface area contributed by atoms with Crippen molar-refractivity contribution in [3.63, 3.8) is 0 Å². The minimum absolute atomic E-state index is 0.0677. The number of hydrogen-bond acceptors (Lipinski definition) is 9. The van der Waals surface area contributed by atoms with Crippen molar-refractivity contribution in [2.45, 2.75) is 51.3 Å². The van der Waals surface area contributed by atoms with Gasteiger partial charge in [0.15, 0.2) is 10.7 Å². The predicted molar refractivity (Wildman–Crippen MR) is 154 cm³/mol. The van der Waals surface area contributed by atoms with Crippen molar-refractivity contribution in [2.75, 3.05) is 31.5 Å². The summed E-state index contributed by atoms with van der Waals surface area (Å²) in [5.41, 5.74) is 1.69. The number of hydrogen-bond donors (Lipinski definition) is 3. The van der Waals surface area contributed by atoms with Crippen molar-refractivity contribution in [2.24, 2.45) is 5.92 Å². The van der Waals surface area contributed by atoms with Crippen LogP contribution >= 0.6 is 0 Å². The van der Waals surface area contributed by atoms with Crippen LogP contribution in [-0.2, 0) is 16.6 Å². The summed E-state index contributed by atoms with van der Waals surface area (Å²) in [6.45, 7) is 7.84. The van der Waals surface area contributed by atoms with E-state index in [-0.39, 0.29) is 57.7 Å². The van der Waals surface area contributed by atoms with E-state index in [2.05, 4.69) is 9.88 Å². The highest BCUT2D eigenvalue weighted by Crippen LogP contribution is 2.32.